The maximum Gasteiger partial charge on any atom is 0.534 e. The molecule has 2 aromatic carbocycles. The van der Waals surface area contributed by atoms with Crippen molar-refractivity contribution < 1.29 is 25.8 Å². The highest BCUT2D eigenvalue weighted by Gasteiger charge is 2.48. The van der Waals surface area contributed by atoms with Gasteiger partial charge in [-0.25, -0.2) is 15.4 Å². The highest BCUT2D eigenvalue weighted by Crippen LogP contribution is 2.30. The van der Waals surface area contributed by atoms with Crippen LogP contribution in [-0.2, 0) is 16.7 Å². The van der Waals surface area contributed by atoms with Crippen molar-refractivity contribution in [3.63, 3.8) is 0 Å². The van der Waals surface area contributed by atoms with E-state index < -0.39 is 21.4 Å². The van der Waals surface area contributed by atoms with Crippen molar-refractivity contribution in [3.8, 4) is 17.1 Å². The Balaban J connectivity index is 1.81. The van der Waals surface area contributed by atoms with E-state index in [1.807, 2.05) is 38.1 Å². The Labute approximate surface area is 193 Å². The number of hydrogen-bond acceptors (Lipinski definition) is 8. The van der Waals surface area contributed by atoms with E-state index >= 15 is 0 Å². The van der Waals surface area contributed by atoms with Gasteiger partial charge >= 0.3 is 15.6 Å². The number of anilines is 2. The van der Waals surface area contributed by atoms with Crippen LogP contribution >= 0.6 is 0 Å². The van der Waals surface area contributed by atoms with Gasteiger partial charge in [0.25, 0.3) is 0 Å². The summed E-state index contributed by atoms with van der Waals surface area (Å²) in [5.41, 5.74) is -0.614. The molecule has 0 bridgehead atoms. The number of alkyl halides is 3. The Morgan fingerprint density at radius 1 is 1.09 bits per heavy atom. The van der Waals surface area contributed by atoms with Gasteiger partial charge in [-0.3, -0.25) is 0 Å². The molecule has 3 rings (SSSR count). The third-order valence-corrected chi connectivity index (χ3v) is 5.63. The minimum absolute atomic E-state index is 0.141. The van der Waals surface area contributed by atoms with Crippen LogP contribution in [0, 0.1) is 4.91 Å². The summed E-state index contributed by atoms with van der Waals surface area (Å²) in [6.07, 6.45) is 1.40. The predicted octanol–water partition coefficient (Wildman–Crippen LogP) is 5.20. The quantitative estimate of drug-likeness (QED) is 0.180. The highest BCUT2D eigenvalue weighted by atomic mass is 32.2. The predicted molar refractivity (Wildman–Crippen MR) is 120 cm³/mol. The second-order valence-electron chi connectivity index (χ2n) is 7.38. The van der Waals surface area contributed by atoms with Crippen LogP contribution in [0.5, 0.6) is 5.75 Å². The van der Waals surface area contributed by atoms with Crippen molar-refractivity contribution in [2.24, 2.45) is 5.29 Å². The van der Waals surface area contributed by atoms with Gasteiger partial charge in [-0.05, 0) is 29.2 Å². The van der Waals surface area contributed by atoms with Crippen molar-refractivity contribution in [1.29, 1.82) is 0 Å². The molecule has 0 spiro atoms. The van der Waals surface area contributed by atoms with Gasteiger partial charge in [0.1, 0.15) is 11.4 Å². The second-order valence-corrected chi connectivity index (χ2v) is 8.92. The summed E-state index contributed by atoms with van der Waals surface area (Å²) in [6, 6.07) is 12.6. The Morgan fingerprint density at radius 2 is 1.76 bits per heavy atom. The van der Waals surface area contributed by atoms with Crippen molar-refractivity contribution >= 4 is 21.6 Å². The molecule has 3 aromatic rings. The van der Waals surface area contributed by atoms with E-state index in [0.29, 0.717) is 11.4 Å². The molecule has 0 aliphatic carbocycles. The molecular formula is C21H20F3N5O4S. The number of hydrogen-bond donors (Lipinski definition) is 2. The lowest BCUT2D eigenvalue weighted by atomic mass is 9.97. The van der Waals surface area contributed by atoms with Gasteiger partial charge in [-0.1, -0.05) is 50.2 Å². The van der Waals surface area contributed by atoms with Gasteiger partial charge in [0.2, 0.25) is 0 Å². The van der Waals surface area contributed by atoms with Crippen molar-refractivity contribution in [2.75, 3.05) is 10.7 Å². The summed E-state index contributed by atoms with van der Waals surface area (Å²) in [4.78, 5) is 19.5. The molecule has 13 heteroatoms. The molecule has 1 aromatic heterocycles. The molecule has 0 aliphatic heterocycles. The summed E-state index contributed by atoms with van der Waals surface area (Å²) in [6.45, 7) is 4.22. The monoisotopic (exact) mass is 495 g/mol. The summed E-state index contributed by atoms with van der Waals surface area (Å²) in [7, 11) is -5.75. The summed E-state index contributed by atoms with van der Waals surface area (Å²) >= 11 is 0. The van der Waals surface area contributed by atoms with E-state index in [9.17, 15) is 26.5 Å². The first-order valence-corrected chi connectivity index (χ1v) is 11.3. The third kappa shape index (κ3) is 5.78. The normalized spacial score (nSPS) is 11.8. The molecule has 0 saturated heterocycles. The van der Waals surface area contributed by atoms with Gasteiger partial charge in [-0.2, -0.15) is 21.6 Å². The number of nitrogens with one attached hydrogen (secondary N) is 2. The Kier molecular flexibility index (Phi) is 7.35. The maximum atomic E-state index is 12.5. The fraction of sp³-hybridized carbons (Fsp3) is 0.238. The molecular weight excluding hydrogens is 475 g/mol. The fourth-order valence-electron chi connectivity index (χ4n) is 3.00. The molecule has 0 saturated carbocycles. The van der Waals surface area contributed by atoms with Gasteiger partial charge < -0.3 is 9.50 Å². The first-order chi connectivity index (χ1) is 16.0. The third-order valence-electron chi connectivity index (χ3n) is 4.65. The van der Waals surface area contributed by atoms with Crippen LogP contribution < -0.4 is 14.9 Å². The first kappa shape index (κ1) is 24.9. The molecule has 180 valence electrons. The Hall–Kier alpha value is -3.74. The van der Waals surface area contributed by atoms with Crippen LogP contribution in [0.2, 0.25) is 0 Å². The van der Waals surface area contributed by atoms with Gasteiger partial charge in [0, 0.05) is 12.1 Å². The van der Waals surface area contributed by atoms with Crippen LogP contribution in [-0.4, -0.2) is 23.9 Å². The average Bonchev–Trinajstić information content (AvgIpc) is 2.78. The molecule has 0 amide bonds. The smallest absolute Gasteiger partial charge is 0.376 e. The van der Waals surface area contributed by atoms with Crippen LogP contribution in [0.1, 0.15) is 30.9 Å². The number of benzene rings is 2. The van der Waals surface area contributed by atoms with Crippen LogP contribution in [0.3, 0.4) is 0 Å². The number of rotatable bonds is 9. The zero-order valence-electron chi connectivity index (χ0n) is 18.0. The molecule has 0 atom stereocenters. The molecule has 0 aliphatic rings. The van der Waals surface area contributed by atoms with Crippen molar-refractivity contribution in [3.05, 3.63) is 70.8 Å². The van der Waals surface area contributed by atoms with Crippen LogP contribution in [0.4, 0.5) is 24.7 Å². The molecule has 9 nitrogen and oxygen atoms in total. The molecule has 0 radical (unpaired) electrons. The lowest BCUT2D eigenvalue weighted by molar-refractivity contribution is -0.0500. The minimum Gasteiger partial charge on any atom is -0.376 e. The van der Waals surface area contributed by atoms with E-state index in [2.05, 4.69) is 30.2 Å². The standard InChI is InChI=1S/C21H20F3N5O4S/c1-13(2)16-5-3-4-6-17(16)19-26-12-18(28-29-30)20(27-19)25-11-14-7-9-15(10-8-14)33-34(31,32)21(22,23)24/h3-10,12-13H,11H2,1-2H3,(H,28,30)(H,25,26,27). The van der Waals surface area contributed by atoms with E-state index in [-0.39, 0.29) is 24.0 Å². The zero-order chi connectivity index (χ0) is 24.9. The van der Waals surface area contributed by atoms with E-state index in [4.69, 9.17) is 0 Å². The Morgan fingerprint density at radius 3 is 2.38 bits per heavy atom. The largest absolute Gasteiger partial charge is 0.534 e. The summed E-state index contributed by atoms with van der Waals surface area (Å²) in [5.74, 6) is 0.420. The van der Waals surface area contributed by atoms with Crippen LogP contribution in [0.25, 0.3) is 11.4 Å². The molecule has 0 unspecified atom stereocenters. The summed E-state index contributed by atoms with van der Waals surface area (Å²) < 4.78 is 63.7. The molecule has 1 heterocycles. The molecule has 2 N–H and O–H groups in total. The number of aromatic nitrogens is 2. The van der Waals surface area contributed by atoms with E-state index in [1.165, 1.54) is 18.3 Å². The van der Waals surface area contributed by atoms with Crippen LogP contribution in [0.15, 0.2) is 60.0 Å². The SMILES string of the molecule is CC(C)c1ccccc1-c1ncc(NN=O)c(NCc2ccc(OS(=O)(=O)C(F)(F)F)cc2)n1. The number of nitrogens with zero attached hydrogens (tertiary/aromatic N) is 3. The number of nitroso groups, excluding NO2 is 1. The minimum atomic E-state index is -5.75. The maximum absolute atomic E-state index is 12.5. The lowest BCUT2D eigenvalue weighted by Crippen LogP contribution is -2.28. The molecule has 0 fully saturated rings. The van der Waals surface area contributed by atoms with Gasteiger partial charge in [0.05, 0.1) is 11.5 Å². The highest BCUT2D eigenvalue weighted by molar-refractivity contribution is 7.88. The fourth-order valence-corrected chi connectivity index (χ4v) is 3.46. The van der Waals surface area contributed by atoms with Crippen molar-refractivity contribution in [1.82, 2.24) is 9.97 Å². The number of halogens is 3. The van der Waals surface area contributed by atoms with E-state index in [0.717, 1.165) is 23.3 Å². The topological polar surface area (TPSA) is 123 Å². The van der Waals surface area contributed by atoms with Gasteiger partial charge in [-0.15, -0.1) is 4.91 Å². The van der Waals surface area contributed by atoms with E-state index in [1.54, 1.807) is 0 Å². The lowest BCUT2D eigenvalue weighted by Gasteiger charge is -2.14. The molecule has 34 heavy (non-hydrogen) atoms. The first-order valence-electron chi connectivity index (χ1n) is 9.90. The summed E-state index contributed by atoms with van der Waals surface area (Å²) in [5, 5.41) is 5.66. The average molecular weight is 495 g/mol. The zero-order valence-corrected chi connectivity index (χ0v) is 18.8. The van der Waals surface area contributed by atoms with Gasteiger partial charge in [0.15, 0.2) is 11.6 Å². The Bertz CT molecular complexity index is 1270. The van der Waals surface area contributed by atoms with Crippen molar-refractivity contribution in [2.45, 2.75) is 31.8 Å². The second kappa shape index (κ2) is 10.0.